The van der Waals surface area contributed by atoms with Crippen molar-refractivity contribution in [3.8, 4) is 23.1 Å². The van der Waals surface area contributed by atoms with Gasteiger partial charge in [-0.15, -0.1) is 5.10 Å². The van der Waals surface area contributed by atoms with Crippen molar-refractivity contribution >= 4 is 11.6 Å². The van der Waals surface area contributed by atoms with Crippen LogP contribution in [0.3, 0.4) is 0 Å². The number of hydrogen-bond donors (Lipinski definition) is 1. The second-order valence-electron chi connectivity index (χ2n) is 5.49. The van der Waals surface area contributed by atoms with E-state index in [1.54, 1.807) is 49.4 Å². The molecule has 0 aliphatic rings. The van der Waals surface area contributed by atoms with E-state index < -0.39 is 5.82 Å². The molecule has 1 aromatic heterocycles. The SMILES string of the molecule is CCOc1nc(-c2ccccc2F)n(-c2ccc(NC(=O)CC)cc2)n1. The molecule has 0 spiro atoms. The van der Waals surface area contributed by atoms with Gasteiger partial charge < -0.3 is 10.1 Å². The number of nitrogens with zero attached hydrogens (tertiary/aromatic N) is 3. The summed E-state index contributed by atoms with van der Waals surface area (Å²) < 4.78 is 21.1. The number of carbonyl (C=O) groups is 1. The van der Waals surface area contributed by atoms with Crippen LogP contribution in [0.15, 0.2) is 48.5 Å². The normalized spacial score (nSPS) is 10.6. The lowest BCUT2D eigenvalue weighted by Crippen LogP contribution is -2.09. The third-order valence-corrected chi connectivity index (χ3v) is 3.69. The lowest BCUT2D eigenvalue weighted by molar-refractivity contribution is -0.115. The van der Waals surface area contributed by atoms with Gasteiger partial charge in [0.05, 0.1) is 17.9 Å². The van der Waals surface area contributed by atoms with Crippen molar-refractivity contribution in [3.05, 3.63) is 54.3 Å². The van der Waals surface area contributed by atoms with Crippen molar-refractivity contribution in [2.75, 3.05) is 11.9 Å². The Morgan fingerprint density at radius 2 is 1.88 bits per heavy atom. The highest BCUT2D eigenvalue weighted by molar-refractivity contribution is 5.90. The molecule has 0 saturated carbocycles. The van der Waals surface area contributed by atoms with Crippen molar-refractivity contribution in [2.24, 2.45) is 0 Å². The summed E-state index contributed by atoms with van der Waals surface area (Å²) in [5.74, 6) is -0.114. The first-order valence-electron chi connectivity index (χ1n) is 8.37. The van der Waals surface area contributed by atoms with Gasteiger partial charge in [0.2, 0.25) is 5.91 Å². The highest BCUT2D eigenvalue weighted by atomic mass is 19.1. The number of hydrogen-bond acceptors (Lipinski definition) is 4. The number of aromatic nitrogens is 3. The predicted octanol–water partition coefficient (Wildman–Crippen LogP) is 3.82. The molecule has 134 valence electrons. The predicted molar refractivity (Wildman–Crippen MR) is 96.8 cm³/mol. The second-order valence-corrected chi connectivity index (χ2v) is 5.49. The van der Waals surface area contributed by atoms with Crippen LogP contribution in [0.2, 0.25) is 0 Å². The summed E-state index contributed by atoms with van der Waals surface area (Å²) in [4.78, 5) is 15.8. The molecule has 0 bridgehead atoms. The largest absolute Gasteiger partial charge is 0.463 e. The minimum absolute atomic E-state index is 0.0656. The highest BCUT2D eigenvalue weighted by Gasteiger charge is 2.17. The van der Waals surface area contributed by atoms with Gasteiger partial charge in [0.25, 0.3) is 0 Å². The summed E-state index contributed by atoms with van der Waals surface area (Å²) in [6.07, 6.45) is 0.403. The average molecular weight is 354 g/mol. The van der Waals surface area contributed by atoms with E-state index in [0.717, 1.165) is 0 Å². The van der Waals surface area contributed by atoms with Crippen LogP contribution < -0.4 is 10.1 Å². The number of anilines is 1. The molecule has 1 heterocycles. The van der Waals surface area contributed by atoms with Gasteiger partial charge in [-0.3, -0.25) is 4.79 Å². The number of benzene rings is 2. The molecule has 26 heavy (non-hydrogen) atoms. The molecule has 1 amide bonds. The maximum atomic E-state index is 14.2. The third kappa shape index (κ3) is 3.72. The Hall–Kier alpha value is -3.22. The van der Waals surface area contributed by atoms with E-state index >= 15 is 0 Å². The molecule has 0 fully saturated rings. The van der Waals surface area contributed by atoms with Gasteiger partial charge in [0, 0.05) is 12.1 Å². The van der Waals surface area contributed by atoms with Gasteiger partial charge in [0.1, 0.15) is 5.82 Å². The van der Waals surface area contributed by atoms with Crippen molar-refractivity contribution in [2.45, 2.75) is 20.3 Å². The summed E-state index contributed by atoms with van der Waals surface area (Å²) in [5.41, 5.74) is 1.68. The molecule has 0 aliphatic carbocycles. The first-order valence-corrected chi connectivity index (χ1v) is 8.37. The van der Waals surface area contributed by atoms with Crippen molar-refractivity contribution in [1.82, 2.24) is 14.8 Å². The zero-order valence-electron chi connectivity index (χ0n) is 14.6. The second kappa shape index (κ2) is 7.77. The zero-order valence-corrected chi connectivity index (χ0v) is 14.6. The van der Waals surface area contributed by atoms with Crippen LogP contribution in [0.5, 0.6) is 6.01 Å². The summed E-state index contributed by atoms with van der Waals surface area (Å²) in [7, 11) is 0. The Morgan fingerprint density at radius 3 is 2.54 bits per heavy atom. The van der Waals surface area contributed by atoms with E-state index in [1.165, 1.54) is 10.7 Å². The van der Waals surface area contributed by atoms with Gasteiger partial charge in [0.15, 0.2) is 5.82 Å². The number of carbonyl (C=O) groups excluding carboxylic acids is 1. The lowest BCUT2D eigenvalue weighted by atomic mass is 10.2. The molecule has 0 aliphatic heterocycles. The summed E-state index contributed by atoms with van der Waals surface area (Å²) in [6.45, 7) is 4.02. The Labute approximate surface area is 150 Å². The van der Waals surface area contributed by atoms with Crippen LogP contribution in [-0.4, -0.2) is 27.3 Å². The molecular weight excluding hydrogens is 335 g/mol. The maximum Gasteiger partial charge on any atom is 0.336 e. The molecule has 2 aromatic carbocycles. The van der Waals surface area contributed by atoms with E-state index in [2.05, 4.69) is 15.4 Å². The van der Waals surface area contributed by atoms with Crippen LogP contribution in [-0.2, 0) is 4.79 Å². The number of rotatable bonds is 6. The van der Waals surface area contributed by atoms with Crippen LogP contribution in [0.1, 0.15) is 20.3 Å². The molecule has 3 aromatic rings. The number of halogens is 1. The number of ether oxygens (including phenoxy) is 1. The Bertz CT molecular complexity index is 906. The first kappa shape index (κ1) is 17.6. The fourth-order valence-electron chi connectivity index (χ4n) is 2.42. The maximum absolute atomic E-state index is 14.2. The van der Waals surface area contributed by atoms with E-state index in [-0.39, 0.29) is 11.9 Å². The molecule has 7 heteroatoms. The number of amides is 1. The summed E-state index contributed by atoms with van der Waals surface area (Å²) in [6, 6.07) is 13.6. The summed E-state index contributed by atoms with van der Waals surface area (Å²) >= 11 is 0. The van der Waals surface area contributed by atoms with E-state index in [0.29, 0.717) is 35.8 Å². The van der Waals surface area contributed by atoms with Gasteiger partial charge in [-0.1, -0.05) is 19.1 Å². The van der Waals surface area contributed by atoms with Crippen LogP contribution in [0.25, 0.3) is 17.1 Å². The Balaban J connectivity index is 2.01. The highest BCUT2D eigenvalue weighted by Crippen LogP contribution is 2.26. The van der Waals surface area contributed by atoms with Crippen LogP contribution in [0.4, 0.5) is 10.1 Å². The lowest BCUT2D eigenvalue weighted by Gasteiger charge is -2.08. The van der Waals surface area contributed by atoms with Crippen molar-refractivity contribution in [1.29, 1.82) is 0 Å². The van der Waals surface area contributed by atoms with Gasteiger partial charge in [-0.2, -0.15) is 4.98 Å². The monoisotopic (exact) mass is 354 g/mol. The average Bonchev–Trinajstić information content (AvgIpc) is 3.06. The third-order valence-electron chi connectivity index (χ3n) is 3.69. The number of nitrogens with one attached hydrogen (secondary N) is 1. The Morgan fingerprint density at radius 1 is 1.15 bits per heavy atom. The molecule has 0 unspecified atom stereocenters. The molecule has 1 N–H and O–H groups in total. The van der Waals surface area contributed by atoms with Gasteiger partial charge >= 0.3 is 6.01 Å². The van der Waals surface area contributed by atoms with Crippen molar-refractivity contribution < 1.29 is 13.9 Å². The fraction of sp³-hybridized carbons (Fsp3) is 0.211. The minimum atomic E-state index is -0.393. The molecule has 0 radical (unpaired) electrons. The quantitative estimate of drug-likeness (QED) is 0.731. The topological polar surface area (TPSA) is 69.0 Å². The zero-order chi connectivity index (χ0) is 18.5. The minimum Gasteiger partial charge on any atom is -0.463 e. The van der Waals surface area contributed by atoms with Gasteiger partial charge in [-0.25, -0.2) is 9.07 Å². The standard InChI is InChI=1S/C19H19FN4O2/c1-3-17(25)21-13-9-11-14(12-10-13)24-18(22-19(23-24)26-4-2)15-7-5-6-8-16(15)20/h5-12H,3-4H2,1-2H3,(H,21,25). The van der Waals surface area contributed by atoms with E-state index in [9.17, 15) is 9.18 Å². The first-order chi connectivity index (χ1) is 12.6. The van der Waals surface area contributed by atoms with Gasteiger partial charge in [-0.05, 0) is 43.3 Å². The molecule has 0 atom stereocenters. The van der Waals surface area contributed by atoms with Crippen LogP contribution >= 0.6 is 0 Å². The molecular formula is C19H19FN4O2. The van der Waals surface area contributed by atoms with E-state index in [1.807, 2.05) is 6.92 Å². The van der Waals surface area contributed by atoms with E-state index in [4.69, 9.17) is 4.74 Å². The molecule has 6 nitrogen and oxygen atoms in total. The summed E-state index contributed by atoms with van der Waals surface area (Å²) in [5, 5.41) is 7.11. The Kier molecular flexibility index (Phi) is 5.26. The fourth-order valence-corrected chi connectivity index (χ4v) is 2.42. The smallest absolute Gasteiger partial charge is 0.336 e. The molecule has 3 rings (SSSR count). The molecule has 0 saturated heterocycles. The van der Waals surface area contributed by atoms with Crippen LogP contribution in [0, 0.1) is 5.82 Å². The van der Waals surface area contributed by atoms with Crippen molar-refractivity contribution in [3.63, 3.8) is 0 Å².